The van der Waals surface area contributed by atoms with Gasteiger partial charge in [-0.2, -0.15) is 4.31 Å². The molecule has 1 amide bonds. The number of amides is 1. The Kier molecular flexibility index (Phi) is 7.98. The highest BCUT2D eigenvalue weighted by Crippen LogP contribution is 2.27. The first-order valence-electron chi connectivity index (χ1n) is 11.4. The number of rotatable bonds is 7. The molecule has 2 aromatic rings. The lowest BCUT2D eigenvalue weighted by Gasteiger charge is -2.36. The molecule has 0 bridgehead atoms. The standard InChI is InChI=1S/C24H30ClN3O5S/c1-32-23-7-6-22(34(30,31)28-13-15-33-16-14-28)17-19(23)5-8-24(29)27-11-9-26(10-12-27)21-4-2-3-20(25)18-21/h2-4,6-7,17-18H,5,8-16H2,1H3. The minimum Gasteiger partial charge on any atom is -0.496 e. The molecule has 0 unspecified atom stereocenters. The van der Waals surface area contributed by atoms with E-state index in [1.54, 1.807) is 25.3 Å². The molecule has 2 fully saturated rings. The van der Waals surface area contributed by atoms with Gasteiger partial charge in [0, 0.05) is 56.4 Å². The zero-order valence-corrected chi connectivity index (χ0v) is 20.9. The highest BCUT2D eigenvalue weighted by molar-refractivity contribution is 7.89. The minimum absolute atomic E-state index is 0.0502. The summed E-state index contributed by atoms with van der Waals surface area (Å²) in [7, 11) is -2.07. The van der Waals surface area contributed by atoms with Crippen LogP contribution in [0.5, 0.6) is 5.75 Å². The molecule has 0 spiro atoms. The van der Waals surface area contributed by atoms with Crippen LogP contribution in [-0.4, -0.2) is 83.1 Å². The van der Waals surface area contributed by atoms with Crippen LogP contribution >= 0.6 is 11.6 Å². The molecule has 2 aromatic carbocycles. The van der Waals surface area contributed by atoms with Crippen molar-refractivity contribution < 1.29 is 22.7 Å². The lowest BCUT2D eigenvalue weighted by atomic mass is 10.1. The van der Waals surface area contributed by atoms with E-state index in [4.69, 9.17) is 21.1 Å². The Hall–Kier alpha value is -2.33. The molecule has 0 aliphatic carbocycles. The molecule has 2 aliphatic rings. The fourth-order valence-electron chi connectivity index (χ4n) is 4.33. The molecule has 0 saturated carbocycles. The van der Waals surface area contributed by atoms with E-state index in [2.05, 4.69) is 4.90 Å². The number of hydrogen-bond donors (Lipinski definition) is 0. The van der Waals surface area contributed by atoms with Gasteiger partial charge in [0.15, 0.2) is 0 Å². The first kappa shape index (κ1) is 24.8. The number of ether oxygens (including phenoxy) is 2. The van der Waals surface area contributed by atoms with Crippen molar-refractivity contribution in [3.05, 3.63) is 53.1 Å². The molecule has 0 radical (unpaired) electrons. The van der Waals surface area contributed by atoms with Gasteiger partial charge in [-0.05, 0) is 48.4 Å². The van der Waals surface area contributed by atoms with Gasteiger partial charge in [0.2, 0.25) is 15.9 Å². The molecular weight excluding hydrogens is 478 g/mol. The molecule has 2 heterocycles. The number of hydrogen-bond acceptors (Lipinski definition) is 6. The fourth-order valence-corrected chi connectivity index (χ4v) is 5.98. The van der Waals surface area contributed by atoms with E-state index in [1.807, 2.05) is 29.2 Å². The predicted molar refractivity (Wildman–Crippen MR) is 131 cm³/mol. The van der Waals surface area contributed by atoms with E-state index in [-0.39, 0.29) is 17.2 Å². The highest BCUT2D eigenvalue weighted by Gasteiger charge is 2.27. The Bertz CT molecular complexity index is 1110. The van der Waals surface area contributed by atoms with Crippen LogP contribution in [0.15, 0.2) is 47.4 Å². The van der Waals surface area contributed by atoms with Crippen LogP contribution in [0.25, 0.3) is 0 Å². The highest BCUT2D eigenvalue weighted by atomic mass is 35.5. The molecule has 0 atom stereocenters. The first-order chi connectivity index (χ1) is 16.4. The number of anilines is 1. The SMILES string of the molecule is COc1ccc(S(=O)(=O)N2CCOCC2)cc1CCC(=O)N1CCN(c2cccc(Cl)c2)CC1. The lowest BCUT2D eigenvalue weighted by Crippen LogP contribution is -2.48. The van der Waals surface area contributed by atoms with E-state index in [9.17, 15) is 13.2 Å². The Morgan fingerprint density at radius 3 is 2.44 bits per heavy atom. The third-order valence-electron chi connectivity index (χ3n) is 6.27. The predicted octanol–water partition coefficient (Wildman–Crippen LogP) is 2.65. The first-order valence-corrected chi connectivity index (χ1v) is 13.2. The van der Waals surface area contributed by atoms with Crippen molar-refractivity contribution in [1.29, 1.82) is 0 Å². The van der Waals surface area contributed by atoms with Gasteiger partial charge in [0.05, 0.1) is 25.2 Å². The van der Waals surface area contributed by atoms with Crippen molar-refractivity contribution in [2.24, 2.45) is 0 Å². The van der Waals surface area contributed by atoms with Gasteiger partial charge in [-0.25, -0.2) is 8.42 Å². The summed E-state index contributed by atoms with van der Waals surface area (Å²) in [6.45, 7) is 4.20. The van der Waals surface area contributed by atoms with Crippen LogP contribution in [0.3, 0.4) is 0 Å². The third kappa shape index (κ3) is 5.66. The Labute approximate surface area is 206 Å². The van der Waals surface area contributed by atoms with Crippen molar-refractivity contribution >= 4 is 33.2 Å². The minimum atomic E-state index is -3.62. The Balaban J connectivity index is 1.38. The van der Waals surface area contributed by atoms with Crippen LogP contribution in [0.4, 0.5) is 5.69 Å². The van der Waals surface area contributed by atoms with Gasteiger partial charge < -0.3 is 19.3 Å². The number of carbonyl (C=O) groups is 1. The second-order valence-corrected chi connectivity index (χ2v) is 10.7. The van der Waals surface area contributed by atoms with Crippen LogP contribution in [0.1, 0.15) is 12.0 Å². The zero-order valence-electron chi connectivity index (χ0n) is 19.3. The van der Waals surface area contributed by atoms with Crippen LogP contribution < -0.4 is 9.64 Å². The number of carbonyl (C=O) groups excluding carboxylic acids is 1. The summed E-state index contributed by atoms with van der Waals surface area (Å²) in [5.74, 6) is 0.633. The summed E-state index contributed by atoms with van der Waals surface area (Å²) in [6, 6.07) is 12.6. The average Bonchev–Trinajstić information content (AvgIpc) is 2.87. The topological polar surface area (TPSA) is 79.4 Å². The maximum atomic E-state index is 13.0. The van der Waals surface area contributed by atoms with E-state index in [1.165, 1.54) is 4.31 Å². The van der Waals surface area contributed by atoms with Crippen molar-refractivity contribution in [2.45, 2.75) is 17.7 Å². The van der Waals surface area contributed by atoms with E-state index < -0.39 is 10.0 Å². The lowest BCUT2D eigenvalue weighted by molar-refractivity contribution is -0.131. The largest absolute Gasteiger partial charge is 0.496 e. The van der Waals surface area contributed by atoms with Crippen molar-refractivity contribution in [3.8, 4) is 5.75 Å². The summed E-state index contributed by atoms with van der Waals surface area (Å²) >= 11 is 6.10. The van der Waals surface area contributed by atoms with Crippen molar-refractivity contribution in [1.82, 2.24) is 9.21 Å². The number of aryl methyl sites for hydroxylation is 1. The van der Waals surface area contributed by atoms with Gasteiger partial charge in [-0.15, -0.1) is 0 Å². The van der Waals surface area contributed by atoms with Gasteiger partial charge in [0.1, 0.15) is 5.75 Å². The van der Waals surface area contributed by atoms with E-state index >= 15 is 0 Å². The van der Waals surface area contributed by atoms with Gasteiger partial charge >= 0.3 is 0 Å². The smallest absolute Gasteiger partial charge is 0.243 e. The monoisotopic (exact) mass is 507 g/mol. The third-order valence-corrected chi connectivity index (χ3v) is 8.40. The fraction of sp³-hybridized carbons (Fsp3) is 0.458. The summed E-state index contributed by atoms with van der Waals surface area (Å²) in [5.41, 5.74) is 1.77. The molecule has 8 nitrogen and oxygen atoms in total. The summed E-state index contributed by atoms with van der Waals surface area (Å²) in [4.78, 5) is 17.2. The Morgan fingerprint density at radius 2 is 1.76 bits per heavy atom. The number of piperazine rings is 1. The molecule has 34 heavy (non-hydrogen) atoms. The summed E-state index contributed by atoms with van der Waals surface area (Å²) in [5, 5.41) is 0.697. The summed E-state index contributed by atoms with van der Waals surface area (Å²) < 4.78 is 38.2. The van der Waals surface area contributed by atoms with Crippen molar-refractivity contribution in [3.63, 3.8) is 0 Å². The van der Waals surface area contributed by atoms with Crippen molar-refractivity contribution in [2.75, 3.05) is 64.5 Å². The normalized spacial score (nSPS) is 17.6. The van der Waals surface area contributed by atoms with E-state index in [0.717, 1.165) is 18.8 Å². The molecule has 4 rings (SSSR count). The van der Waals surface area contributed by atoms with Crippen LogP contribution in [0.2, 0.25) is 5.02 Å². The number of morpholine rings is 1. The molecule has 2 saturated heterocycles. The molecule has 2 aliphatic heterocycles. The molecular formula is C24H30ClN3O5S. The van der Waals surface area contributed by atoms with Crippen LogP contribution in [0, 0.1) is 0 Å². The summed E-state index contributed by atoms with van der Waals surface area (Å²) in [6.07, 6.45) is 0.692. The molecule has 0 N–H and O–H groups in total. The Morgan fingerprint density at radius 1 is 1.03 bits per heavy atom. The maximum absolute atomic E-state index is 13.0. The number of methoxy groups -OCH3 is 1. The number of nitrogens with zero attached hydrogens (tertiary/aromatic N) is 3. The average molecular weight is 508 g/mol. The van der Waals surface area contributed by atoms with E-state index in [0.29, 0.717) is 62.1 Å². The quantitative estimate of drug-likeness (QED) is 0.573. The molecule has 0 aromatic heterocycles. The van der Waals surface area contributed by atoms with Gasteiger partial charge in [-0.3, -0.25) is 4.79 Å². The number of halogens is 1. The molecule has 184 valence electrons. The second kappa shape index (κ2) is 10.9. The van der Waals surface area contributed by atoms with Crippen LogP contribution in [-0.2, 0) is 26.0 Å². The van der Waals surface area contributed by atoms with Gasteiger partial charge in [-0.1, -0.05) is 17.7 Å². The zero-order chi connectivity index (χ0) is 24.1. The molecule has 10 heteroatoms. The number of sulfonamides is 1. The maximum Gasteiger partial charge on any atom is 0.243 e. The number of benzene rings is 2. The second-order valence-electron chi connectivity index (χ2n) is 8.34. The van der Waals surface area contributed by atoms with Gasteiger partial charge in [0.25, 0.3) is 0 Å².